The highest BCUT2D eigenvalue weighted by Gasteiger charge is 2.39. The van der Waals surface area contributed by atoms with Gasteiger partial charge in [-0.3, -0.25) is 4.90 Å². The summed E-state index contributed by atoms with van der Waals surface area (Å²) in [7, 11) is 0. The predicted octanol–water partition coefficient (Wildman–Crippen LogP) is 3.52. The molecule has 2 rings (SSSR count). The van der Waals surface area contributed by atoms with Crippen molar-refractivity contribution in [3.63, 3.8) is 0 Å². The molecule has 1 N–H and O–H groups in total. The van der Waals surface area contributed by atoms with E-state index in [0.717, 1.165) is 29.8 Å². The third-order valence-corrected chi connectivity index (χ3v) is 5.77. The summed E-state index contributed by atoms with van der Waals surface area (Å²) in [6.45, 7) is 14.4. The first-order valence-electron chi connectivity index (χ1n) is 8.53. The Balaban J connectivity index is 2.08. The van der Waals surface area contributed by atoms with E-state index in [1.165, 1.54) is 38.8 Å². The predicted molar refractivity (Wildman–Crippen MR) is 83.4 cm³/mol. The van der Waals surface area contributed by atoms with Gasteiger partial charge in [0.15, 0.2) is 0 Å². The quantitative estimate of drug-likeness (QED) is 0.837. The second kappa shape index (κ2) is 6.58. The zero-order valence-corrected chi connectivity index (χ0v) is 13.7. The highest BCUT2D eigenvalue weighted by atomic mass is 15.3. The highest BCUT2D eigenvalue weighted by Crippen LogP contribution is 2.33. The molecule has 1 saturated heterocycles. The van der Waals surface area contributed by atoms with Gasteiger partial charge in [0, 0.05) is 31.2 Å². The van der Waals surface area contributed by atoms with E-state index in [0.29, 0.717) is 6.04 Å². The van der Waals surface area contributed by atoms with Crippen molar-refractivity contribution in [2.45, 2.75) is 78.4 Å². The summed E-state index contributed by atoms with van der Waals surface area (Å²) < 4.78 is 0. The molecule has 5 atom stereocenters. The Morgan fingerprint density at radius 1 is 1.21 bits per heavy atom. The molecule has 0 aromatic rings. The van der Waals surface area contributed by atoms with Crippen molar-refractivity contribution in [2.24, 2.45) is 17.8 Å². The third-order valence-electron chi connectivity index (χ3n) is 5.77. The molecule has 1 heterocycles. The van der Waals surface area contributed by atoms with Gasteiger partial charge in [-0.25, -0.2) is 0 Å². The molecule has 0 spiro atoms. The van der Waals surface area contributed by atoms with Crippen LogP contribution in [0.15, 0.2) is 0 Å². The number of nitrogens with zero attached hydrogens (tertiary/aromatic N) is 1. The van der Waals surface area contributed by atoms with E-state index in [2.05, 4.69) is 44.8 Å². The van der Waals surface area contributed by atoms with E-state index in [-0.39, 0.29) is 0 Å². The number of hydrogen-bond donors (Lipinski definition) is 1. The van der Waals surface area contributed by atoms with Crippen LogP contribution in [0.25, 0.3) is 0 Å². The van der Waals surface area contributed by atoms with Crippen LogP contribution in [0.2, 0.25) is 0 Å². The fraction of sp³-hybridized carbons (Fsp3) is 1.00. The zero-order chi connectivity index (χ0) is 14.0. The second-order valence-electron chi connectivity index (χ2n) is 7.38. The lowest BCUT2D eigenvalue weighted by Crippen LogP contribution is -2.62. The molecule has 1 aliphatic carbocycles. The van der Waals surface area contributed by atoms with E-state index in [1.807, 2.05) is 0 Å². The maximum Gasteiger partial charge on any atom is 0.0247 e. The Morgan fingerprint density at radius 3 is 2.47 bits per heavy atom. The van der Waals surface area contributed by atoms with Crippen LogP contribution in [-0.2, 0) is 0 Å². The van der Waals surface area contributed by atoms with Crippen LogP contribution >= 0.6 is 0 Å². The molecule has 2 fully saturated rings. The van der Waals surface area contributed by atoms with Gasteiger partial charge in [-0.2, -0.15) is 0 Å². The SMILES string of the molecule is CCC(C)C1CN(C2CCCC2C)C(C(C)C)CN1. The maximum absolute atomic E-state index is 3.83. The summed E-state index contributed by atoms with van der Waals surface area (Å²) >= 11 is 0. The van der Waals surface area contributed by atoms with Gasteiger partial charge >= 0.3 is 0 Å². The summed E-state index contributed by atoms with van der Waals surface area (Å²) in [5.41, 5.74) is 0. The largest absolute Gasteiger partial charge is 0.311 e. The van der Waals surface area contributed by atoms with Crippen LogP contribution in [0.1, 0.15) is 60.3 Å². The van der Waals surface area contributed by atoms with E-state index in [4.69, 9.17) is 0 Å². The summed E-state index contributed by atoms with van der Waals surface area (Å²) in [5, 5.41) is 3.83. The van der Waals surface area contributed by atoms with Crippen LogP contribution in [0, 0.1) is 17.8 Å². The minimum Gasteiger partial charge on any atom is -0.311 e. The van der Waals surface area contributed by atoms with Crippen molar-refractivity contribution in [2.75, 3.05) is 13.1 Å². The Bertz CT molecular complexity index is 274. The molecule has 0 aromatic carbocycles. The van der Waals surface area contributed by atoms with E-state index >= 15 is 0 Å². The molecule has 0 aromatic heterocycles. The fourth-order valence-corrected chi connectivity index (χ4v) is 4.10. The standard InChI is InChI=1S/C17H34N2/c1-6-13(4)15-11-19(16-9-7-8-14(16)5)17(10-18-15)12(2)3/h12-18H,6-11H2,1-5H3. The van der Waals surface area contributed by atoms with Gasteiger partial charge in [0.05, 0.1) is 0 Å². The first kappa shape index (κ1) is 15.3. The second-order valence-corrected chi connectivity index (χ2v) is 7.38. The molecule has 2 aliphatic rings. The average molecular weight is 266 g/mol. The lowest BCUT2D eigenvalue weighted by molar-refractivity contribution is 0.0311. The van der Waals surface area contributed by atoms with Crippen molar-refractivity contribution in [3.05, 3.63) is 0 Å². The van der Waals surface area contributed by atoms with Crippen LogP contribution in [0.4, 0.5) is 0 Å². The highest BCUT2D eigenvalue weighted by molar-refractivity contribution is 4.95. The van der Waals surface area contributed by atoms with Crippen molar-refractivity contribution >= 4 is 0 Å². The monoisotopic (exact) mass is 266 g/mol. The third kappa shape index (κ3) is 3.33. The van der Waals surface area contributed by atoms with Crippen LogP contribution < -0.4 is 5.32 Å². The van der Waals surface area contributed by atoms with Crippen molar-refractivity contribution in [1.82, 2.24) is 10.2 Å². The minimum atomic E-state index is 0.702. The molecule has 5 unspecified atom stereocenters. The van der Waals surface area contributed by atoms with Crippen molar-refractivity contribution in [3.8, 4) is 0 Å². The number of rotatable bonds is 4. The number of piperazine rings is 1. The van der Waals surface area contributed by atoms with Gasteiger partial charge in [-0.1, -0.05) is 47.5 Å². The van der Waals surface area contributed by atoms with Crippen LogP contribution in [-0.4, -0.2) is 36.1 Å². The van der Waals surface area contributed by atoms with E-state index < -0.39 is 0 Å². The summed E-state index contributed by atoms with van der Waals surface area (Å²) in [6, 6.07) is 2.29. The van der Waals surface area contributed by atoms with Crippen molar-refractivity contribution < 1.29 is 0 Å². The van der Waals surface area contributed by atoms with Gasteiger partial charge < -0.3 is 5.32 Å². The Kier molecular flexibility index (Phi) is 5.30. The topological polar surface area (TPSA) is 15.3 Å². The number of hydrogen-bond acceptors (Lipinski definition) is 2. The molecular weight excluding hydrogens is 232 g/mol. The van der Waals surface area contributed by atoms with Gasteiger partial charge in [0.1, 0.15) is 0 Å². The Morgan fingerprint density at radius 2 is 1.95 bits per heavy atom. The van der Waals surface area contributed by atoms with Crippen molar-refractivity contribution in [1.29, 1.82) is 0 Å². The molecule has 1 aliphatic heterocycles. The first-order chi connectivity index (χ1) is 9.04. The van der Waals surface area contributed by atoms with E-state index in [9.17, 15) is 0 Å². The summed E-state index contributed by atoms with van der Waals surface area (Å²) in [5.74, 6) is 2.46. The zero-order valence-electron chi connectivity index (χ0n) is 13.7. The van der Waals surface area contributed by atoms with Crippen LogP contribution in [0.5, 0.6) is 0 Å². The lowest BCUT2D eigenvalue weighted by Gasteiger charge is -2.48. The van der Waals surface area contributed by atoms with Gasteiger partial charge in [-0.15, -0.1) is 0 Å². The molecule has 0 bridgehead atoms. The molecule has 2 nitrogen and oxygen atoms in total. The molecule has 112 valence electrons. The smallest absolute Gasteiger partial charge is 0.0247 e. The molecule has 0 amide bonds. The minimum absolute atomic E-state index is 0.702. The van der Waals surface area contributed by atoms with Crippen LogP contribution in [0.3, 0.4) is 0 Å². The Labute approximate surface area is 120 Å². The van der Waals surface area contributed by atoms with E-state index in [1.54, 1.807) is 0 Å². The molecule has 2 heteroatoms. The molecular formula is C17H34N2. The fourth-order valence-electron chi connectivity index (χ4n) is 4.10. The van der Waals surface area contributed by atoms with Gasteiger partial charge in [0.25, 0.3) is 0 Å². The number of nitrogens with one attached hydrogen (secondary N) is 1. The summed E-state index contributed by atoms with van der Waals surface area (Å²) in [6.07, 6.45) is 5.59. The van der Waals surface area contributed by atoms with Gasteiger partial charge in [-0.05, 0) is 30.6 Å². The van der Waals surface area contributed by atoms with Gasteiger partial charge in [0.2, 0.25) is 0 Å². The first-order valence-corrected chi connectivity index (χ1v) is 8.53. The molecule has 0 radical (unpaired) electrons. The molecule has 1 saturated carbocycles. The lowest BCUT2D eigenvalue weighted by atomic mass is 9.89. The summed E-state index contributed by atoms with van der Waals surface area (Å²) in [4.78, 5) is 2.88. The molecule has 19 heavy (non-hydrogen) atoms. The maximum atomic E-state index is 3.83. The average Bonchev–Trinajstić information content (AvgIpc) is 2.83. The Hall–Kier alpha value is -0.0800. The normalized spacial score (nSPS) is 38.8.